The summed E-state index contributed by atoms with van der Waals surface area (Å²) in [5, 5.41) is 9.36. The van der Waals surface area contributed by atoms with E-state index in [9.17, 15) is 9.90 Å². The number of imidazole rings is 2. The normalized spacial score (nSPS) is 11.3. The van der Waals surface area contributed by atoms with Gasteiger partial charge in [0.2, 0.25) is 0 Å². The van der Waals surface area contributed by atoms with E-state index in [0.29, 0.717) is 16.9 Å². The number of hydrogen-bond acceptors (Lipinski definition) is 4. The molecule has 3 heterocycles. The second kappa shape index (κ2) is 5.77. The third-order valence-electron chi connectivity index (χ3n) is 4.51. The Hall–Kier alpha value is -4.00. The van der Waals surface area contributed by atoms with Gasteiger partial charge in [-0.2, -0.15) is 0 Å². The molecule has 3 aromatic heterocycles. The zero-order chi connectivity index (χ0) is 18.4. The summed E-state index contributed by atoms with van der Waals surface area (Å²) in [5.74, 6) is -0.354. The van der Waals surface area contributed by atoms with Crippen LogP contribution in [0, 0.1) is 0 Å². The van der Waals surface area contributed by atoms with E-state index >= 15 is 0 Å². The summed E-state index contributed by atoms with van der Waals surface area (Å²) in [6, 6.07) is 16.8. The SMILES string of the molecule is O=C(O)c1cccc2c1ncn2-c1cc(-n2cnc3ccccc32)ccn1. The molecule has 0 bridgehead atoms. The third kappa shape index (κ3) is 2.36. The van der Waals surface area contributed by atoms with Crippen LogP contribution >= 0.6 is 0 Å². The number of benzene rings is 2. The fourth-order valence-electron chi connectivity index (χ4n) is 3.25. The summed E-state index contributed by atoms with van der Waals surface area (Å²) in [6.45, 7) is 0. The quantitative estimate of drug-likeness (QED) is 0.536. The van der Waals surface area contributed by atoms with Crippen LogP contribution < -0.4 is 0 Å². The van der Waals surface area contributed by atoms with E-state index in [0.717, 1.165) is 16.7 Å². The minimum absolute atomic E-state index is 0.169. The van der Waals surface area contributed by atoms with Gasteiger partial charge in [0.05, 0.1) is 27.8 Å². The van der Waals surface area contributed by atoms with Gasteiger partial charge in [-0.05, 0) is 30.3 Å². The topological polar surface area (TPSA) is 85.8 Å². The van der Waals surface area contributed by atoms with Crippen molar-refractivity contribution in [2.45, 2.75) is 0 Å². The van der Waals surface area contributed by atoms with E-state index in [1.54, 1.807) is 35.6 Å². The molecule has 0 aliphatic heterocycles. The Labute approximate surface area is 153 Å². The van der Waals surface area contributed by atoms with Crippen molar-refractivity contribution in [2.75, 3.05) is 0 Å². The molecular formula is C20H13N5O2. The number of pyridine rings is 1. The Balaban J connectivity index is 1.68. The fraction of sp³-hybridized carbons (Fsp3) is 0. The Morgan fingerprint density at radius 3 is 2.56 bits per heavy atom. The van der Waals surface area contributed by atoms with Crippen molar-refractivity contribution in [1.29, 1.82) is 0 Å². The number of carboxylic acid groups (broad SMARTS) is 1. The molecule has 0 saturated heterocycles. The fourth-order valence-corrected chi connectivity index (χ4v) is 3.25. The van der Waals surface area contributed by atoms with Crippen molar-refractivity contribution in [3.05, 3.63) is 79.0 Å². The van der Waals surface area contributed by atoms with Crippen molar-refractivity contribution < 1.29 is 9.90 Å². The van der Waals surface area contributed by atoms with Crippen molar-refractivity contribution in [2.24, 2.45) is 0 Å². The van der Waals surface area contributed by atoms with Gasteiger partial charge < -0.3 is 5.11 Å². The molecule has 130 valence electrons. The molecule has 0 spiro atoms. The molecule has 0 fully saturated rings. The van der Waals surface area contributed by atoms with Crippen molar-refractivity contribution in [3.63, 3.8) is 0 Å². The highest BCUT2D eigenvalue weighted by molar-refractivity contribution is 6.01. The first-order chi connectivity index (χ1) is 13.2. The number of aromatic carboxylic acids is 1. The van der Waals surface area contributed by atoms with Gasteiger partial charge in [0, 0.05) is 12.3 Å². The van der Waals surface area contributed by atoms with Crippen molar-refractivity contribution in [3.8, 4) is 11.5 Å². The van der Waals surface area contributed by atoms with Crippen LogP contribution in [0.3, 0.4) is 0 Å². The van der Waals surface area contributed by atoms with E-state index in [1.165, 1.54) is 0 Å². The van der Waals surface area contributed by atoms with Gasteiger partial charge in [0.1, 0.15) is 24.0 Å². The van der Waals surface area contributed by atoms with Crippen LogP contribution in [0.5, 0.6) is 0 Å². The highest BCUT2D eigenvalue weighted by Crippen LogP contribution is 2.23. The molecular weight excluding hydrogens is 342 g/mol. The van der Waals surface area contributed by atoms with Crippen LogP contribution in [0.25, 0.3) is 33.6 Å². The summed E-state index contributed by atoms with van der Waals surface area (Å²) < 4.78 is 3.77. The van der Waals surface area contributed by atoms with Crippen LogP contribution in [0.1, 0.15) is 10.4 Å². The Bertz CT molecular complexity index is 1320. The van der Waals surface area contributed by atoms with Crippen LogP contribution in [0.2, 0.25) is 0 Å². The molecule has 0 saturated carbocycles. The van der Waals surface area contributed by atoms with Crippen LogP contribution in [-0.4, -0.2) is 35.2 Å². The molecule has 0 aliphatic carbocycles. The number of carboxylic acids is 1. The summed E-state index contributed by atoms with van der Waals surface area (Å²) in [4.78, 5) is 24.6. The summed E-state index contributed by atoms with van der Waals surface area (Å²) in [6.07, 6.45) is 5.08. The maximum atomic E-state index is 11.4. The molecule has 0 radical (unpaired) electrons. The largest absolute Gasteiger partial charge is 0.478 e. The van der Waals surface area contributed by atoms with E-state index in [1.807, 2.05) is 47.0 Å². The Kier molecular flexibility index (Phi) is 3.26. The van der Waals surface area contributed by atoms with E-state index < -0.39 is 5.97 Å². The number of fused-ring (bicyclic) bond motifs is 2. The number of aromatic nitrogens is 5. The van der Waals surface area contributed by atoms with Crippen molar-refractivity contribution in [1.82, 2.24) is 24.1 Å². The maximum Gasteiger partial charge on any atom is 0.337 e. The molecule has 0 aliphatic rings. The van der Waals surface area contributed by atoms with Gasteiger partial charge in [-0.1, -0.05) is 18.2 Å². The number of para-hydroxylation sites is 3. The molecule has 7 nitrogen and oxygen atoms in total. The monoisotopic (exact) mass is 355 g/mol. The molecule has 2 aromatic carbocycles. The minimum Gasteiger partial charge on any atom is -0.478 e. The molecule has 27 heavy (non-hydrogen) atoms. The first kappa shape index (κ1) is 15.3. The minimum atomic E-state index is -1.00. The van der Waals surface area contributed by atoms with E-state index in [-0.39, 0.29) is 5.56 Å². The molecule has 5 rings (SSSR count). The first-order valence-electron chi connectivity index (χ1n) is 8.30. The number of rotatable bonds is 3. The molecule has 0 amide bonds. The van der Waals surface area contributed by atoms with Crippen LogP contribution in [0.4, 0.5) is 0 Å². The standard InChI is InChI=1S/C20H13N5O2/c26-20(27)14-4-3-7-17-19(14)23-12-25(17)18-10-13(8-9-21-18)24-11-22-15-5-1-2-6-16(15)24/h1-12H,(H,26,27). The van der Waals surface area contributed by atoms with Gasteiger partial charge >= 0.3 is 5.97 Å². The lowest BCUT2D eigenvalue weighted by Crippen LogP contribution is -2.00. The predicted molar refractivity (Wildman–Crippen MR) is 100 cm³/mol. The summed E-state index contributed by atoms with van der Waals surface area (Å²) in [7, 11) is 0. The first-order valence-corrected chi connectivity index (χ1v) is 8.30. The summed E-state index contributed by atoms with van der Waals surface area (Å²) >= 11 is 0. The Morgan fingerprint density at radius 1 is 0.852 bits per heavy atom. The van der Waals surface area contributed by atoms with Crippen LogP contribution in [0.15, 0.2) is 73.4 Å². The number of hydrogen-bond donors (Lipinski definition) is 1. The average Bonchev–Trinajstić information content (AvgIpc) is 3.32. The van der Waals surface area contributed by atoms with Gasteiger partial charge in [-0.3, -0.25) is 9.13 Å². The number of nitrogens with zero attached hydrogens (tertiary/aromatic N) is 5. The Morgan fingerprint density at radius 2 is 1.67 bits per heavy atom. The van der Waals surface area contributed by atoms with Gasteiger partial charge in [-0.15, -0.1) is 0 Å². The lowest BCUT2D eigenvalue weighted by atomic mass is 10.2. The lowest BCUT2D eigenvalue weighted by Gasteiger charge is -2.08. The molecule has 0 unspecified atom stereocenters. The molecule has 0 atom stereocenters. The second-order valence-corrected chi connectivity index (χ2v) is 6.07. The predicted octanol–water partition coefficient (Wildman–Crippen LogP) is 3.46. The third-order valence-corrected chi connectivity index (χ3v) is 4.51. The lowest BCUT2D eigenvalue weighted by molar-refractivity contribution is 0.0699. The maximum absolute atomic E-state index is 11.4. The van der Waals surface area contributed by atoms with E-state index in [2.05, 4.69) is 15.0 Å². The van der Waals surface area contributed by atoms with Crippen LogP contribution in [-0.2, 0) is 0 Å². The summed E-state index contributed by atoms with van der Waals surface area (Å²) in [5.41, 5.74) is 4.11. The zero-order valence-electron chi connectivity index (χ0n) is 14.0. The smallest absolute Gasteiger partial charge is 0.337 e. The average molecular weight is 355 g/mol. The number of carbonyl (C=O) groups is 1. The van der Waals surface area contributed by atoms with Gasteiger partial charge in [-0.25, -0.2) is 19.7 Å². The van der Waals surface area contributed by atoms with Gasteiger partial charge in [0.15, 0.2) is 0 Å². The van der Waals surface area contributed by atoms with Gasteiger partial charge in [0.25, 0.3) is 0 Å². The van der Waals surface area contributed by atoms with Crippen molar-refractivity contribution >= 4 is 28.0 Å². The highest BCUT2D eigenvalue weighted by atomic mass is 16.4. The molecule has 7 heteroatoms. The molecule has 5 aromatic rings. The zero-order valence-corrected chi connectivity index (χ0v) is 14.0. The highest BCUT2D eigenvalue weighted by Gasteiger charge is 2.14. The second-order valence-electron chi connectivity index (χ2n) is 6.07. The molecule has 1 N–H and O–H groups in total. The van der Waals surface area contributed by atoms with E-state index in [4.69, 9.17) is 0 Å².